The molecule has 0 saturated heterocycles. The molecule has 0 N–H and O–H groups in total. The van der Waals surface area contributed by atoms with E-state index in [2.05, 4.69) is 85.1 Å². The van der Waals surface area contributed by atoms with Crippen LogP contribution in [0.2, 0.25) is 0 Å². The molecule has 4 aliphatic carbocycles. The topological polar surface area (TPSA) is 4.93 Å². The summed E-state index contributed by atoms with van der Waals surface area (Å²) in [5, 5.41) is 2.91. The zero-order valence-electron chi connectivity index (χ0n) is 32.7. The molecular formula is C47H71Fe2N. The van der Waals surface area contributed by atoms with Gasteiger partial charge in [0, 0.05) is 28.4 Å². The first-order chi connectivity index (χ1) is 21.7. The normalized spacial score (nSPS) is 18.0. The van der Waals surface area contributed by atoms with Gasteiger partial charge in [-0.05, 0) is 90.3 Å². The molecular weight excluding hydrogens is 690 g/mol. The van der Waals surface area contributed by atoms with E-state index >= 15 is 0 Å². The van der Waals surface area contributed by atoms with Crippen LogP contribution in [0, 0.1) is 41.5 Å². The number of hydrogen-bond donors (Lipinski definition) is 0. The van der Waals surface area contributed by atoms with Crippen molar-refractivity contribution in [1.82, 2.24) is 4.57 Å². The monoisotopic (exact) mass is 761 g/mol. The number of aromatic nitrogens is 1. The molecule has 0 amide bonds. The van der Waals surface area contributed by atoms with Crippen LogP contribution < -0.4 is 0 Å². The number of fused-ring (bicyclic) bond motifs is 3. The van der Waals surface area contributed by atoms with Crippen molar-refractivity contribution in [3.8, 4) is 0 Å². The fourth-order valence-corrected chi connectivity index (χ4v) is 8.87. The van der Waals surface area contributed by atoms with Crippen molar-refractivity contribution in [3.05, 3.63) is 113 Å². The Kier molecular flexibility index (Phi) is 23.9. The van der Waals surface area contributed by atoms with Crippen LogP contribution in [0.5, 0.6) is 0 Å². The van der Waals surface area contributed by atoms with Crippen molar-refractivity contribution in [3.63, 3.8) is 0 Å². The number of hydrogen-bond acceptors (Lipinski definition) is 0. The minimum Gasteiger partial charge on any atom is -0.358 e. The summed E-state index contributed by atoms with van der Waals surface area (Å²) in [6.07, 6.45) is 26.3. The van der Waals surface area contributed by atoms with Gasteiger partial charge in [-0.2, -0.15) is 0 Å². The van der Waals surface area contributed by atoms with Gasteiger partial charge in [-0.15, -0.1) is 0 Å². The smallest absolute Gasteiger partial charge is 0.358 e. The zero-order chi connectivity index (χ0) is 30.1. The molecule has 1 heterocycles. The van der Waals surface area contributed by atoms with E-state index in [9.17, 15) is 0 Å². The second-order valence-corrected chi connectivity index (χ2v) is 14.8. The molecule has 2 atom stereocenters. The van der Waals surface area contributed by atoms with Crippen molar-refractivity contribution in [2.75, 3.05) is 0 Å². The predicted molar refractivity (Wildman–Crippen MR) is 218 cm³/mol. The van der Waals surface area contributed by atoms with E-state index in [1.54, 1.807) is 0 Å². The molecule has 280 valence electrons. The Morgan fingerprint density at radius 1 is 0.480 bits per heavy atom. The molecule has 4 aromatic rings. The standard InChI is InChI=1S/C33H39N.2C5H10.4CH3.2Fe/c1-23(26-12-6-7-13-26)28-16-18-32-30(20-28)31-21-29(24(2)27-14-8-9-15-27)17-19-33(31)34(32)22-25-10-4-3-5-11-25;2*1-2-4-5-3-1;;;;;;/h3-5,10-11,16-21,23-24,26-27H,6-9,12-15,22H2,1-2H3;2*1-5H2;4*1H3;;/q;;;4*-1;2*+2. The van der Waals surface area contributed by atoms with Gasteiger partial charge in [0.05, 0.1) is 0 Å². The summed E-state index contributed by atoms with van der Waals surface area (Å²) < 4.78 is 2.55. The Labute approximate surface area is 331 Å². The summed E-state index contributed by atoms with van der Waals surface area (Å²) >= 11 is 0. The second kappa shape index (κ2) is 24.7. The molecule has 8 rings (SSSR count). The number of rotatable bonds is 6. The molecule has 3 aromatic carbocycles. The summed E-state index contributed by atoms with van der Waals surface area (Å²) in [6, 6.07) is 25.7. The molecule has 0 spiro atoms. The molecule has 1 nitrogen and oxygen atoms in total. The quantitative estimate of drug-likeness (QED) is 0.136. The summed E-state index contributed by atoms with van der Waals surface area (Å²) in [4.78, 5) is 0. The molecule has 4 fully saturated rings. The van der Waals surface area contributed by atoms with E-state index < -0.39 is 0 Å². The Balaban J connectivity index is 0.00000130. The van der Waals surface area contributed by atoms with Gasteiger partial charge in [0.1, 0.15) is 0 Å². The predicted octanol–water partition coefficient (Wildman–Crippen LogP) is 15.1. The molecule has 1 aromatic heterocycles. The summed E-state index contributed by atoms with van der Waals surface area (Å²) in [7, 11) is 0. The summed E-state index contributed by atoms with van der Waals surface area (Å²) in [5.74, 6) is 3.01. The van der Waals surface area contributed by atoms with Crippen LogP contribution in [0.15, 0.2) is 66.7 Å². The van der Waals surface area contributed by atoms with Gasteiger partial charge in [-0.3, -0.25) is 0 Å². The van der Waals surface area contributed by atoms with Gasteiger partial charge >= 0.3 is 34.1 Å². The maximum absolute atomic E-state index is 2.55. The maximum atomic E-state index is 2.55. The minimum atomic E-state index is 0. The van der Waals surface area contributed by atoms with Crippen molar-refractivity contribution >= 4 is 21.8 Å². The van der Waals surface area contributed by atoms with Crippen molar-refractivity contribution in [1.29, 1.82) is 0 Å². The van der Waals surface area contributed by atoms with Gasteiger partial charge in [0.25, 0.3) is 0 Å². The largest absolute Gasteiger partial charge is 2.00 e. The number of nitrogens with zero attached hydrogens (tertiary/aromatic N) is 1. The SMILES string of the molecule is C1CCCC1.C1CCCC1.CC(c1ccc2c(c1)c1cc(C(C)C3CCCC3)ccc1n2Cc1ccccc1)C1CCCC1.[CH3-].[CH3-].[CH3-].[CH3-].[Fe+2].[Fe+2]. The molecule has 2 unspecified atom stereocenters. The molecule has 4 saturated carbocycles. The van der Waals surface area contributed by atoms with E-state index in [1.165, 1.54) is 154 Å². The summed E-state index contributed by atoms with van der Waals surface area (Å²) in [5.41, 5.74) is 7.20. The van der Waals surface area contributed by atoms with E-state index in [-0.39, 0.29) is 63.8 Å². The maximum Gasteiger partial charge on any atom is 2.00 e. The van der Waals surface area contributed by atoms with Crippen LogP contribution in [0.3, 0.4) is 0 Å². The molecule has 4 aliphatic rings. The first kappa shape index (κ1) is 48.5. The van der Waals surface area contributed by atoms with Crippen molar-refractivity contribution in [2.24, 2.45) is 11.8 Å². The Hall–Kier alpha value is -1.50. The van der Waals surface area contributed by atoms with Crippen molar-refractivity contribution < 1.29 is 34.1 Å². The third-order valence-corrected chi connectivity index (χ3v) is 11.9. The van der Waals surface area contributed by atoms with Crippen LogP contribution in [-0.2, 0) is 40.7 Å². The average molecular weight is 762 g/mol. The third-order valence-electron chi connectivity index (χ3n) is 11.9. The van der Waals surface area contributed by atoms with E-state index in [4.69, 9.17) is 0 Å². The van der Waals surface area contributed by atoms with Gasteiger partial charge in [-0.1, -0.05) is 146 Å². The second-order valence-electron chi connectivity index (χ2n) is 14.8. The van der Waals surface area contributed by atoms with E-state index in [1.807, 2.05) is 0 Å². The van der Waals surface area contributed by atoms with Crippen LogP contribution in [0.25, 0.3) is 21.8 Å². The molecule has 50 heavy (non-hydrogen) atoms. The van der Waals surface area contributed by atoms with Crippen molar-refractivity contribution in [2.45, 2.75) is 148 Å². The van der Waals surface area contributed by atoms with Gasteiger partial charge < -0.3 is 34.3 Å². The first-order valence-electron chi connectivity index (χ1n) is 18.8. The van der Waals surface area contributed by atoms with Crippen LogP contribution in [0.1, 0.15) is 158 Å². The first-order valence-corrected chi connectivity index (χ1v) is 18.8. The van der Waals surface area contributed by atoms with Crippen LogP contribution in [0.4, 0.5) is 0 Å². The fraction of sp³-hybridized carbons (Fsp3) is 0.532. The van der Waals surface area contributed by atoms with E-state index in [0.29, 0.717) is 11.8 Å². The van der Waals surface area contributed by atoms with Crippen LogP contribution in [-0.4, -0.2) is 4.57 Å². The molecule has 0 aliphatic heterocycles. The Morgan fingerprint density at radius 2 is 0.820 bits per heavy atom. The third kappa shape index (κ3) is 12.3. The Bertz CT molecular complexity index is 1330. The molecule has 0 bridgehead atoms. The minimum absolute atomic E-state index is 0. The molecule has 0 radical (unpaired) electrons. The van der Waals surface area contributed by atoms with Gasteiger partial charge in [0.15, 0.2) is 0 Å². The van der Waals surface area contributed by atoms with Gasteiger partial charge in [-0.25, -0.2) is 0 Å². The molecule has 3 heteroatoms. The van der Waals surface area contributed by atoms with Gasteiger partial charge in [0.2, 0.25) is 0 Å². The zero-order valence-corrected chi connectivity index (χ0v) is 35.0. The Morgan fingerprint density at radius 3 is 1.16 bits per heavy atom. The summed E-state index contributed by atoms with van der Waals surface area (Å²) in [6.45, 7) is 5.86. The average Bonchev–Trinajstić information content (AvgIpc) is 3.92. The van der Waals surface area contributed by atoms with Crippen LogP contribution >= 0.6 is 0 Å². The number of benzene rings is 3. The van der Waals surface area contributed by atoms with E-state index in [0.717, 1.165) is 18.4 Å². The fourth-order valence-electron chi connectivity index (χ4n) is 8.87.